The minimum atomic E-state index is 0.113. The van der Waals surface area contributed by atoms with Crippen LogP contribution in [0.2, 0.25) is 0 Å². The van der Waals surface area contributed by atoms with Crippen LogP contribution >= 0.6 is 10.5 Å². The van der Waals surface area contributed by atoms with Crippen molar-refractivity contribution in [3.05, 3.63) is 60.2 Å². The number of hydrogen-bond acceptors (Lipinski definition) is 3. The molecule has 28 heavy (non-hydrogen) atoms. The van der Waals surface area contributed by atoms with Crippen LogP contribution in [0, 0.1) is 18.3 Å². The van der Waals surface area contributed by atoms with Crippen molar-refractivity contribution < 1.29 is 0 Å². The van der Waals surface area contributed by atoms with Crippen LogP contribution in [0.25, 0.3) is 11.1 Å². The fourth-order valence-corrected chi connectivity index (χ4v) is 3.47. The maximum absolute atomic E-state index is 7.82. The molecule has 0 heterocycles. The maximum Gasteiger partial charge on any atom is 0.0621 e. The van der Waals surface area contributed by atoms with E-state index in [2.05, 4.69) is 42.8 Å². The Hall–Kier alpha value is -2.51. The number of nitrogens with zero attached hydrogens (tertiary/aromatic N) is 1. The van der Waals surface area contributed by atoms with Crippen LogP contribution in [0.5, 0.6) is 0 Å². The molecule has 0 amide bonds. The van der Waals surface area contributed by atoms with E-state index in [1.54, 1.807) is 0 Å². The summed E-state index contributed by atoms with van der Waals surface area (Å²) >= 11 is 0. The molecule has 0 radical (unpaired) electrons. The summed E-state index contributed by atoms with van der Waals surface area (Å²) in [4.78, 5) is 0. The van der Waals surface area contributed by atoms with Gasteiger partial charge >= 0.3 is 0 Å². The molecule has 0 aromatic heterocycles. The molecule has 0 spiro atoms. The van der Waals surface area contributed by atoms with E-state index in [1.807, 2.05) is 45.9 Å². The lowest BCUT2D eigenvalue weighted by molar-refractivity contribution is 0.969. The zero-order valence-electron chi connectivity index (χ0n) is 17.8. The number of rotatable bonds is 6. The minimum absolute atomic E-state index is 0.113. The molecular weight excluding hydrogens is 362 g/mol. The van der Waals surface area contributed by atoms with Crippen molar-refractivity contribution in [1.29, 1.82) is 5.26 Å². The van der Waals surface area contributed by atoms with Crippen molar-refractivity contribution in [2.75, 3.05) is 17.2 Å². The third kappa shape index (κ3) is 8.92. The SMILES string of the molecule is C=CCS(=C)Cc1ccc(-c2cc(C)c(N)c(N)c2)cc1.CC.CCCC#N. The number of unbranched alkanes of at least 4 members (excludes halogenated alkanes) is 1. The monoisotopic (exact) mass is 397 g/mol. The van der Waals surface area contributed by atoms with Crippen LogP contribution in [0.1, 0.15) is 44.7 Å². The highest BCUT2D eigenvalue weighted by Gasteiger charge is 2.05. The van der Waals surface area contributed by atoms with Crippen LogP contribution in [0.4, 0.5) is 11.4 Å². The smallest absolute Gasteiger partial charge is 0.0621 e. The van der Waals surface area contributed by atoms with Gasteiger partial charge in [-0.05, 0) is 47.7 Å². The lowest BCUT2D eigenvalue weighted by Gasteiger charge is -2.10. The summed E-state index contributed by atoms with van der Waals surface area (Å²) < 4.78 is 0. The standard InChI is InChI=1S/C18H22N2S.C4H7N.C2H6/c1-4-9-21(3)12-14-5-7-15(8-6-14)16-10-13(2)18(20)17(19)11-16;1-2-3-4-5;1-2/h4-8,10-11H,1,3,9,12,19-20H2,2H3;2-3H2,1H3;1-2H3. The molecule has 152 valence electrons. The highest BCUT2D eigenvalue weighted by molar-refractivity contribution is 8.13. The van der Waals surface area contributed by atoms with Gasteiger partial charge in [0, 0.05) is 17.9 Å². The van der Waals surface area contributed by atoms with Crippen molar-refractivity contribution in [2.45, 2.75) is 46.3 Å². The van der Waals surface area contributed by atoms with Crippen LogP contribution in [-0.2, 0) is 5.75 Å². The molecular formula is C24H35N3S. The Morgan fingerprint density at radius 2 is 1.71 bits per heavy atom. The Morgan fingerprint density at radius 3 is 2.14 bits per heavy atom. The molecule has 0 aliphatic heterocycles. The van der Waals surface area contributed by atoms with Crippen molar-refractivity contribution >= 4 is 27.7 Å². The Balaban J connectivity index is 0.000000906. The van der Waals surface area contributed by atoms with Gasteiger partial charge in [-0.2, -0.15) is 15.7 Å². The van der Waals surface area contributed by atoms with E-state index in [-0.39, 0.29) is 10.5 Å². The highest BCUT2D eigenvalue weighted by atomic mass is 32.2. The van der Waals surface area contributed by atoms with E-state index in [9.17, 15) is 0 Å². The summed E-state index contributed by atoms with van der Waals surface area (Å²) in [6, 6.07) is 14.6. The third-order valence-corrected chi connectivity index (χ3v) is 5.24. The number of hydrogen-bond donors (Lipinski definition) is 2. The first kappa shape index (κ1) is 25.5. The Kier molecular flexibility index (Phi) is 13.2. The summed E-state index contributed by atoms with van der Waals surface area (Å²) in [6.07, 6.45) is 3.61. The summed E-state index contributed by atoms with van der Waals surface area (Å²) in [6.45, 7) is 11.7. The molecule has 4 heteroatoms. The average molecular weight is 398 g/mol. The fourth-order valence-electron chi connectivity index (χ4n) is 2.36. The molecule has 1 atom stereocenters. The molecule has 0 aliphatic carbocycles. The lowest BCUT2D eigenvalue weighted by atomic mass is 10.0. The number of aryl methyl sites for hydroxylation is 1. The van der Waals surface area contributed by atoms with Gasteiger partial charge in [0.1, 0.15) is 0 Å². The van der Waals surface area contributed by atoms with Crippen LogP contribution in [-0.4, -0.2) is 11.6 Å². The Labute approximate surface area is 174 Å². The lowest BCUT2D eigenvalue weighted by Crippen LogP contribution is -1.97. The molecule has 2 aromatic carbocycles. The van der Waals surface area contributed by atoms with E-state index in [0.717, 1.165) is 34.6 Å². The summed E-state index contributed by atoms with van der Waals surface area (Å²) in [7, 11) is 0.113. The van der Waals surface area contributed by atoms with E-state index >= 15 is 0 Å². The Morgan fingerprint density at radius 1 is 1.11 bits per heavy atom. The predicted octanol–water partition coefficient (Wildman–Crippen LogP) is 6.55. The average Bonchev–Trinajstić information content (AvgIpc) is 2.69. The topological polar surface area (TPSA) is 75.8 Å². The molecule has 0 bridgehead atoms. The molecule has 1 unspecified atom stereocenters. The molecule has 0 fully saturated rings. The number of nitrogen functional groups attached to an aromatic ring is 2. The van der Waals surface area contributed by atoms with Crippen LogP contribution in [0.15, 0.2) is 49.1 Å². The normalized spacial score (nSPS) is 10.4. The van der Waals surface area contributed by atoms with Crippen LogP contribution < -0.4 is 11.5 Å². The zero-order valence-corrected chi connectivity index (χ0v) is 18.6. The molecule has 0 saturated carbocycles. The number of nitrogens with two attached hydrogens (primary N) is 2. The van der Waals surface area contributed by atoms with Gasteiger partial charge in [0.15, 0.2) is 0 Å². The Bertz CT molecular complexity index is 763. The first-order valence-corrected chi connectivity index (χ1v) is 11.4. The number of nitriles is 1. The van der Waals surface area contributed by atoms with E-state index in [4.69, 9.17) is 16.7 Å². The van der Waals surface area contributed by atoms with Gasteiger partial charge in [-0.1, -0.05) is 57.0 Å². The van der Waals surface area contributed by atoms with Crippen molar-refractivity contribution in [1.82, 2.24) is 0 Å². The number of benzene rings is 2. The quantitative estimate of drug-likeness (QED) is 0.329. The summed E-state index contributed by atoms with van der Waals surface area (Å²) in [5.74, 6) is 6.13. The fraction of sp³-hybridized carbons (Fsp3) is 0.333. The minimum Gasteiger partial charge on any atom is -0.397 e. The maximum atomic E-state index is 7.82. The van der Waals surface area contributed by atoms with Crippen molar-refractivity contribution in [3.63, 3.8) is 0 Å². The highest BCUT2D eigenvalue weighted by Crippen LogP contribution is 2.29. The van der Waals surface area contributed by atoms with E-state index in [1.165, 1.54) is 5.56 Å². The van der Waals surface area contributed by atoms with Gasteiger partial charge in [0.25, 0.3) is 0 Å². The molecule has 0 saturated heterocycles. The van der Waals surface area contributed by atoms with Gasteiger partial charge < -0.3 is 11.5 Å². The zero-order chi connectivity index (χ0) is 21.5. The molecule has 4 N–H and O–H groups in total. The van der Waals surface area contributed by atoms with Crippen molar-refractivity contribution in [2.24, 2.45) is 0 Å². The van der Waals surface area contributed by atoms with E-state index < -0.39 is 0 Å². The second-order valence-corrected chi connectivity index (χ2v) is 7.96. The van der Waals surface area contributed by atoms with Gasteiger partial charge in [-0.25, -0.2) is 0 Å². The first-order chi connectivity index (χ1) is 13.4. The van der Waals surface area contributed by atoms with Gasteiger partial charge in [-0.15, -0.1) is 6.58 Å². The van der Waals surface area contributed by atoms with Gasteiger partial charge in [0.2, 0.25) is 0 Å². The molecule has 2 rings (SSSR count). The van der Waals surface area contributed by atoms with Crippen molar-refractivity contribution in [3.8, 4) is 17.2 Å². The molecule has 3 nitrogen and oxygen atoms in total. The largest absolute Gasteiger partial charge is 0.397 e. The predicted molar refractivity (Wildman–Crippen MR) is 131 cm³/mol. The van der Waals surface area contributed by atoms with Crippen LogP contribution in [0.3, 0.4) is 0 Å². The second kappa shape index (κ2) is 14.5. The first-order valence-electron chi connectivity index (χ1n) is 9.62. The molecule has 0 aliphatic rings. The second-order valence-electron chi connectivity index (χ2n) is 6.11. The third-order valence-electron chi connectivity index (χ3n) is 3.79. The van der Waals surface area contributed by atoms with Gasteiger partial charge in [0.05, 0.1) is 17.4 Å². The summed E-state index contributed by atoms with van der Waals surface area (Å²) in [5, 5.41) is 7.82. The number of anilines is 2. The van der Waals surface area contributed by atoms with Gasteiger partial charge in [-0.3, -0.25) is 0 Å². The molecule has 2 aromatic rings. The van der Waals surface area contributed by atoms with E-state index in [0.29, 0.717) is 17.8 Å². The summed E-state index contributed by atoms with van der Waals surface area (Å²) in [5.41, 5.74) is 17.7.